The van der Waals surface area contributed by atoms with Gasteiger partial charge >= 0.3 is 0 Å². The summed E-state index contributed by atoms with van der Waals surface area (Å²) in [5.74, 6) is -0.0278. The van der Waals surface area contributed by atoms with Gasteiger partial charge in [0.05, 0.1) is 17.3 Å². The largest absolute Gasteiger partial charge is 0.327 e. The van der Waals surface area contributed by atoms with Gasteiger partial charge < -0.3 is 4.90 Å². The van der Waals surface area contributed by atoms with Crippen molar-refractivity contribution in [3.05, 3.63) is 93.9 Å². The topological polar surface area (TPSA) is 37.6 Å². The number of fused-ring (bicyclic) bond motifs is 3. The average molecular weight is 408 g/mol. The number of carbonyl (C=O) groups is 1. The molecule has 6 heteroatoms. The van der Waals surface area contributed by atoms with E-state index < -0.39 is 0 Å². The van der Waals surface area contributed by atoms with Crippen molar-refractivity contribution in [2.75, 3.05) is 0 Å². The van der Waals surface area contributed by atoms with Crippen LogP contribution in [0.1, 0.15) is 21.7 Å². The van der Waals surface area contributed by atoms with Crippen LogP contribution in [0.15, 0.2) is 66.9 Å². The van der Waals surface area contributed by atoms with E-state index in [4.69, 9.17) is 23.2 Å². The molecule has 2 aromatic carbocycles. The fourth-order valence-electron chi connectivity index (χ4n) is 3.64. The molecule has 0 bridgehead atoms. The minimum atomic E-state index is -0.0278. The van der Waals surface area contributed by atoms with Crippen LogP contribution in [0.25, 0.3) is 16.8 Å². The second-order valence-corrected chi connectivity index (χ2v) is 7.66. The molecule has 0 atom stereocenters. The van der Waals surface area contributed by atoms with Crippen LogP contribution in [0, 0.1) is 0 Å². The normalized spacial score (nSPS) is 13.4. The lowest BCUT2D eigenvalue weighted by molar-refractivity contribution is 0.0760. The summed E-state index contributed by atoms with van der Waals surface area (Å²) in [6.07, 6.45) is 1.74. The van der Waals surface area contributed by atoms with E-state index >= 15 is 0 Å². The third kappa shape index (κ3) is 2.86. The number of benzene rings is 2. The molecule has 138 valence electrons. The number of aromatic nitrogens is 2. The number of halogens is 2. The highest BCUT2D eigenvalue weighted by Crippen LogP contribution is 2.29. The zero-order valence-electron chi connectivity index (χ0n) is 14.8. The average Bonchev–Trinajstić information content (AvgIpc) is 3.19. The summed E-state index contributed by atoms with van der Waals surface area (Å²) < 4.78 is 1.78. The van der Waals surface area contributed by atoms with Gasteiger partial charge in [-0.1, -0.05) is 65.7 Å². The molecule has 0 radical (unpaired) electrons. The Bertz CT molecular complexity index is 1210. The van der Waals surface area contributed by atoms with Crippen LogP contribution in [0.4, 0.5) is 0 Å². The van der Waals surface area contributed by atoms with Crippen molar-refractivity contribution in [1.29, 1.82) is 0 Å². The molecule has 28 heavy (non-hydrogen) atoms. The number of amides is 1. The van der Waals surface area contributed by atoms with Crippen LogP contribution in [0.2, 0.25) is 10.0 Å². The summed E-state index contributed by atoms with van der Waals surface area (Å²) in [6, 6.07) is 19.5. The zero-order chi connectivity index (χ0) is 19.3. The summed E-state index contributed by atoms with van der Waals surface area (Å²) >= 11 is 12.4. The number of pyridine rings is 1. The van der Waals surface area contributed by atoms with Crippen molar-refractivity contribution >= 4 is 34.8 Å². The molecule has 1 aliphatic rings. The molecule has 3 heterocycles. The molecule has 1 amide bonds. The second-order valence-electron chi connectivity index (χ2n) is 6.82. The molecule has 0 unspecified atom stereocenters. The Balaban J connectivity index is 1.39. The van der Waals surface area contributed by atoms with Gasteiger partial charge in [-0.25, -0.2) is 4.98 Å². The Morgan fingerprint density at radius 3 is 2.54 bits per heavy atom. The van der Waals surface area contributed by atoms with Gasteiger partial charge in [0, 0.05) is 23.3 Å². The predicted molar refractivity (Wildman–Crippen MR) is 111 cm³/mol. The lowest BCUT2D eigenvalue weighted by atomic mass is 10.0. The molecular formula is C22H15Cl2N3O. The SMILES string of the molecule is O=C1c2c(nc3ccc(Cl)cn23)CN1Cc1ccc(-c2ccccc2Cl)cc1. The van der Waals surface area contributed by atoms with Crippen LogP contribution in [-0.4, -0.2) is 20.2 Å². The van der Waals surface area contributed by atoms with Gasteiger partial charge in [0.1, 0.15) is 11.3 Å². The van der Waals surface area contributed by atoms with E-state index in [2.05, 4.69) is 4.98 Å². The van der Waals surface area contributed by atoms with E-state index in [1.54, 1.807) is 21.6 Å². The Morgan fingerprint density at radius 1 is 0.964 bits per heavy atom. The Kier molecular flexibility index (Phi) is 4.11. The van der Waals surface area contributed by atoms with Crippen LogP contribution < -0.4 is 0 Å². The third-order valence-electron chi connectivity index (χ3n) is 5.00. The van der Waals surface area contributed by atoms with Gasteiger partial charge in [0.15, 0.2) is 0 Å². The third-order valence-corrected chi connectivity index (χ3v) is 5.55. The molecule has 0 spiro atoms. The van der Waals surface area contributed by atoms with Crippen molar-refractivity contribution in [2.45, 2.75) is 13.1 Å². The van der Waals surface area contributed by atoms with Crippen LogP contribution >= 0.6 is 23.2 Å². The highest BCUT2D eigenvalue weighted by Gasteiger charge is 2.32. The van der Waals surface area contributed by atoms with E-state index in [0.29, 0.717) is 23.8 Å². The number of nitrogens with zero attached hydrogens (tertiary/aromatic N) is 3. The van der Waals surface area contributed by atoms with E-state index in [1.165, 1.54) is 0 Å². The maximum Gasteiger partial charge on any atom is 0.273 e. The van der Waals surface area contributed by atoms with E-state index in [0.717, 1.165) is 33.1 Å². The molecule has 0 fully saturated rings. The first-order valence-electron chi connectivity index (χ1n) is 8.90. The number of rotatable bonds is 3. The van der Waals surface area contributed by atoms with Crippen molar-refractivity contribution in [1.82, 2.24) is 14.3 Å². The van der Waals surface area contributed by atoms with Crippen molar-refractivity contribution in [2.24, 2.45) is 0 Å². The van der Waals surface area contributed by atoms with Crippen molar-refractivity contribution < 1.29 is 4.79 Å². The minimum Gasteiger partial charge on any atom is -0.327 e. The molecule has 0 N–H and O–H groups in total. The summed E-state index contributed by atoms with van der Waals surface area (Å²) in [5.41, 5.74) is 5.24. The molecule has 2 aromatic heterocycles. The molecule has 5 rings (SSSR count). The molecular weight excluding hydrogens is 393 g/mol. The first-order valence-corrected chi connectivity index (χ1v) is 9.65. The highest BCUT2D eigenvalue weighted by atomic mass is 35.5. The standard InChI is InChI=1S/C22H15Cl2N3O/c23-16-9-10-20-25-19-13-26(22(28)21(19)27(20)12-16)11-14-5-7-15(8-6-14)17-3-1-2-4-18(17)24/h1-10,12H,11,13H2. The van der Waals surface area contributed by atoms with Crippen LogP contribution in [-0.2, 0) is 13.1 Å². The number of carbonyl (C=O) groups excluding carboxylic acids is 1. The lowest BCUT2D eigenvalue weighted by Crippen LogP contribution is -2.24. The Hall–Kier alpha value is -2.82. The monoisotopic (exact) mass is 407 g/mol. The quantitative estimate of drug-likeness (QED) is 0.451. The van der Waals surface area contributed by atoms with Gasteiger partial charge in [0.2, 0.25) is 0 Å². The first-order chi connectivity index (χ1) is 13.6. The molecule has 0 aliphatic carbocycles. The maximum atomic E-state index is 12.9. The first kappa shape index (κ1) is 17.3. The van der Waals surface area contributed by atoms with Gasteiger partial charge in [-0.05, 0) is 29.3 Å². The Labute approximate surface area is 172 Å². The van der Waals surface area contributed by atoms with E-state index in [-0.39, 0.29) is 5.91 Å². The number of imidazole rings is 1. The summed E-state index contributed by atoms with van der Waals surface area (Å²) in [6.45, 7) is 1.03. The highest BCUT2D eigenvalue weighted by molar-refractivity contribution is 6.33. The van der Waals surface area contributed by atoms with E-state index in [9.17, 15) is 4.79 Å². The van der Waals surface area contributed by atoms with Gasteiger partial charge in [-0.3, -0.25) is 9.20 Å². The van der Waals surface area contributed by atoms with E-state index in [1.807, 2.05) is 54.6 Å². The molecule has 4 nitrogen and oxygen atoms in total. The zero-order valence-corrected chi connectivity index (χ0v) is 16.3. The minimum absolute atomic E-state index is 0.0278. The lowest BCUT2D eigenvalue weighted by Gasteiger charge is -2.16. The summed E-state index contributed by atoms with van der Waals surface area (Å²) in [5, 5.41) is 1.30. The molecule has 1 aliphatic heterocycles. The molecule has 0 saturated heterocycles. The van der Waals surface area contributed by atoms with Crippen molar-refractivity contribution in [3.8, 4) is 11.1 Å². The Morgan fingerprint density at radius 2 is 1.75 bits per heavy atom. The fraction of sp³-hybridized carbons (Fsp3) is 0.0909. The summed E-state index contributed by atoms with van der Waals surface area (Å²) in [4.78, 5) is 19.3. The van der Waals surface area contributed by atoms with Gasteiger partial charge in [0.25, 0.3) is 5.91 Å². The second kappa shape index (κ2) is 6.66. The van der Waals surface area contributed by atoms with Crippen LogP contribution in [0.5, 0.6) is 0 Å². The summed E-state index contributed by atoms with van der Waals surface area (Å²) in [7, 11) is 0. The number of hydrogen-bond donors (Lipinski definition) is 0. The van der Waals surface area contributed by atoms with Crippen LogP contribution in [0.3, 0.4) is 0 Å². The van der Waals surface area contributed by atoms with Gasteiger partial charge in [-0.2, -0.15) is 0 Å². The maximum absolute atomic E-state index is 12.9. The predicted octanol–water partition coefficient (Wildman–Crippen LogP) is 5.46. The van der Waals surface area contributed by atoms with Crippen molar-refractivity contribution in [3.63, 3.8) is 0 Å². The molecule has 4 aromatic rings. The van der Waals surface area contributed by atoms with Gasteiger partial charge in [-0.15, -0.1) is 0 Å². The smallest absolute Gasteiger partial charge is 0.273 e. The number of hydrogen-bond acceptors (Lipinski definition) is 2. The fourth-order valence-corrected chi connectivity index (χ4v) is 4.05. The molecule has 0 saturated carbocycles.